The van der Waals surface area contributed by atoms with Crippen LogP contribution in [-0.2, 0) is 4.74 Å². The lowest BCUT2D eigenvalue weighted by Crippen LogP contribution is -2.49. The Bertz CT molecular complexity index is 875. The van der Waals surface area contributed by atoms with Crippen molar-refractivity contribution < 1.29 is 9.94 Å². The summed E-state index contributed by atoms with van der Waals surface area (Å²) in [6.45, 7) is 11.2. The molecule has 1 aromatic carbocycles. The maximum Gasteiger partial charge on any atom is 0.208 e. The number of morpholine rings is 1. The molecule has 1 saturated carbocycles. The van der Waals surface area contributed by atoms with E-state index in [1.807, 2.05) is 25.3 Å². The van der Waals surface area contributed by atoms with E-state index >= 15 is 0 Å². The Labute approximate surface area is 208 Å². The van der Waals surface area contributed by atoms with E-state index in [1.54, 1.807) is 11.3 Å². The summed E-state index contributed by atoms with van der Waals surface area (Å²) in [6.07, 6.45) is 11.3. The van der Waals surface area contributed by atoms with Crippen molar-refractivity contribution in [3.8, 4) is 10.4 Å². The summed E-state index contributed by atoms with van der Waals surface area (Å²) < 4.78 is 4.83. The van der Waals surface area contributed by atoms with Crippen LogP contribution in [0.1, 0.15) is 63.3 Å². The van der Waals surface area contributed by atoms with Crippen molar-refractivity contribution >= 4 is 35.5 Å². The average molecular weight is 492 g/mol. The molecule has 2 N–H and O–H groups in total. The van der Waals surface area contributed by atoms with Crippen molar-refractivity contribution in [3.05, 3.63) is 42.1 Å². The highest BCUT2D eigenvalue weighted by Crippen LogP contribution is 2.42. The number of ether oxygens (including phenoxy) is 1. The van der Waals surface area contributed by atoms with Crippen LogP contribution in [0.4, 0.5) is 11.4 Å². The van der Waals surface area contributed by atoms with E-state index in [0.717, 1.165) is 54.5 Å². The van der Waals surface area contributed by atoms with Gasteiger partial charge in [-0.25, -0.2) is 4.98 Å². The van der Waals surface area contributed by atoms with Crippen LogP contribution in [0.15, 0.2) is 37.1 Å². The number of rotatable bonds is 7. The van der Waals surface area contributed by atoms with E-state index in [1.165, 1.54) is 37.1 Å². The molecule has 6 nitrogen and oxygen atoms in total. The molecule has 2 heterocycles. The van der Waals surface area contributed by atoms with Gasteiger partial charge in [-0.05, 0) is 42.5 Å². The fourth-order valence-electron chi connectivity index (χ4n) is 4.26. The molecule has 0 amide bonds. The first-order valence-electron chi connectivity index (χ1n) is 12.1. The summed E-state index contributed by atoms with van der Waals surface area (Å²) in [5.41, 5.74) is 5.82. The number of thiol groups is 1. The molecular formula is C25H39N4O2S2+. The van der Waals surface area contributed by atoms with Crippen molar-refractivity contribution in [1.29, 1.82) is 0 Å². The van der Waals surface area contributed by atoms with Crippen molar-refractivity contribution in [3.63, 3.8) is 0 Å². The molecule has 182 valence electrons. The van der Waals surface area contributed by atoms with Crippen molar-refractivity contribution in [1.82, 2.24) is 14.6 Å². The molecule has 1 saturated heterocycles. The molecule has 2 aromatic rings. The van der Waals surface area contributed by atoms with Gasteiger partial charge in [-0.3, -0.25) is 0 Å². The Balaban J connectivity index is 0.000000709. The van der Waals surface area contributed by atoms with Gasteiger partial charge < -0.3 is 9.64 Å². The zero-order chi connectivity index (χ0) is 23.7. The number of hydrogen-bond acceptors (Lipinski definition) is 7. The maximum absolute atomic E-state index is 11.0. The van der Waals surface area contributed by atoms with Crippen LogP contribution < -0.4 is 14.5 Å². The van der Waals surface area contributed by atoms with Crippen LogP contribution in [0.3, 0.4) is 0 Å². The Morgan fingerprint density at radius 1 is 1.27 bits per heavy atom. The second kappa shape index (κ2) is 12.9. The zero-order valence-electron chi connectivity index (χ0n) is 20.0. The first kappa shape index (κ1) is 26.2. The Kier molecular flexibility index (Phi) is 10.2. The predicted molar refractivity (Wildman–Crippen MR) is 143 cm³/mol. The molecular weight excluding hydrogens is 452 g/mol. The van der Waals surface area contributed by atoms with Gasteiger partial charge in [-0.1, -0.05) is 32.3 Å². The van der Waals surface area contributed by atoms with Crippen molar-refractivity contribution in [2.45, 2.75) is 58.3 Å². The highest BCUT2D eigenvalue weighted by atomic mass is 32.1. The average Bonchev–Trinajstić information content (AvgIpc) is 3.35. The van der Waals surface area contributed by atoms with Crippen molar-refractivity contribution in [2.24, 2.45) is 0 Å². The molecule has 1 unspecified atom stereocenters. The molecule has 2 aliphatic rings. The minimum Gasteiger partial charge on any atom is -0.378 e. The first-order valence-corrected chi connectivity index (χ1v) is 13.4. The van der Waals surface area contributed by atoms with Gasteiger partial charge in [-0.15, -0.1) is 23.3 Å². The van der Waals surface area contributed by atoms with E-state index < -0.39 is 4.16 Å². The number of quaternary nitrogens is 1. The fourth-order valence-corrected chi connectivity index (χ4v) is 5.69. The molecule has 1 aliphatic heterocycles. The van der Waals surface area contributed by atoms with Gasteiger partial charge in [0.1, 0.15) is 12.8 Å². The van der Waals surface area contributed by atoms with Gasteiger partial charge >= 0.3 is 0 Å². The maximum atomic E-state index is 11.0. The molecule has 4 rings (SSSR count). The molecule has 33 heavy (non-hydrogen) atoms. The summed E-state index contributed by atoms with van der Waals surface area (Å²) in [7, 11) is 0. The minimum atomic E-state index is -0.652. The second-order valence-electron chi connectivity index (χ2n) is 8.51. The largest absolute Gasteiger partial charge is 0.378 e. The lowest BCUT2D eigenvalue weighted by molar-refractivity contribution is -0.0185. The number of anilines is 1. The summed E-state index contributed by atoms with van der Waals surface area (Å²) in [5, 5.41) is 12.3. The van der Waals surface area contributed by atoms with E-state index in [0.29, 0.717) is 12.5 Å². The van der Waals surface area contributed by atoms with E-state index in [9.17, 15) is 5.21 Å². The third-order valence-corrected chi connectivity index (χ3v) is 7.65. The van der Waals surface area contributed by atoms with Gasteiger partial charge in [0.2, 0.25) is 5.69 Å². The molecule has 8 heteroatoms. The number of nitrogens with zero attached hydrogens (tertiary/aromatic N) is 3. The highest BCUT2D eigenvalue weighted by Gasteiger charge is 2.31. The van der Waals surface area contributed by atoms with Crippen LogP contribution in [0.5, 0.6) is 0 Å². The third-order valence-electron chi connectivity index (χ3n) is 6.10. The summed E-state index contributed by atoms with van der Waals surface area (Å²) in [5.74, 6) is 0.580. The first-order chi connectivity index (χ1) is 16.0. The number of benzene rings is 1. The topological polar surface area (TPSA) is 57.6 Å². The molecule has 0 radical (unpaired) electrons. The minimum absolute atomic E-state index is 0.580. The monoisotopic (exact) mass is 491 g/mol. The summed E-state index contributed by atoms with van der Waals surface area (Å²) >= 11 is 6.27. The number of nitrogens with one attached hydrogen (secondary N) is 1. The Hall–Kier alpha value is -1.42. The third kappa shape index (κ3) is 7.04. The SMILES string of the molecule is C=CCC.CCN[N+](O)(S)c1cc(N2CCOCC2)ccc1-c1cnc(C2CCCCC2)s1. The quantitative estimate of drug-likeness (QED) is 0.183. The van der Waals surface area contributed by atoms with Gasteiger partial charge in [0.05, 0.1) is 28.7 Å². The number of allylic oxidation sites excluding steroid dienone is 1. The highest BCUT2D eigenvalue weighted by molar-refractivity contribution is 7.79. The Morgan fingerprint density at radius 3 is 2.61 bits per heavy atom. The van der Waals surface area contributed by atoms with E-state index in [2.05, 4.69) is 48.8 Å². The van der Waals surface area contributed by atoms with Gasteiger partial charge in [0.15, 0.2) is 0 Å². The number of aromatic nitrogens is 1. The smallest absolute Gasteiger partial charge is 0.208 e. The predicted octanol–water partition coefficient (Wildman–Crippen LogP) is 6.34. The fraction of sp³-hybridized carbons (Fsp3) is 0.560. The number of hydrogen-bond donors (Lipinski definition) is 3. The Morgan fingerprint density at radius 2 is 1.97 bits per heavy atom. The standard InChI is InChI=1S/C21H31N4O2S2.C4H8/c1-2-23-25(26,28)19-14-17(24-10-12-27-13-11-24)8-9-18(19)20-15-22-21(29-20)16-6-4-3-5-7-16;1-3-4-2/h8-9,14-16,23,26,28H,2-7,10-13H2,1H3;3H,1,4H2,2H3/q+1;. The van der Waals surface area contributed by atoms with E-state index in [4.69, 9.17) is 9.72 Å². The van der Waals surface area contributed by atoms with Crippen LogP contribution >= 0.6 is 24.2 Å². The normalized spacial score (nSPS) is 18.8. The van der Waals surface area contributed by atoms with Crippen LogP contribution in [0, 0.1) is 0 Å². The zero-order valence-corrected chi connectivity index (χ0v) is 21.7. The van der Waals surface area contributed by atoms with Crippen LogP contribution in [-0.4, -0.2) is 43.0 Å². The molecule has 2 fully saturated rings. The summed E-state index contributed by atoms with van der Waals surface area (Å²) in [6, 6.07) is 6.26. The van der Waals surface area contributed by atoms with Gasteiger partial charge in [0.25, 0.3) is 0 Å². The van der Waals surface area contributed by atoms with E-state index in [-0.39, 0.29) is 0 Å². The number of thiazole rings is 1. The van der Waals surface area contributed by atoms with Crippen LogP contribution in [0.25, 0.3) is 10.4 Å². The van der Waals surface area contributed by atoms with Crippen molar-refractivity contribution in [2.75, 3.05) is 37.7 Å². The van der Waals surface area contributed by atoms with Crippen LogP contribution in [0.2, 0.25) is 0 Å². The summed E-state index contributed by atoms with van der Waals surface area (Å²) in [4.78, 5) is 8.12. The molecule has 0 bridgehead atoms. The molecule has 1 atom stereocenters. The molecule has 1 aliphatic carbocycles. The lowest BCUT2D eigenvalue weighted by atomic mass is 9.90. The lowest BCUT2D eigenvalue weighted by Gasteiger charge is -2.30. The van der Waals surface area contributed by atoms with Gasteiger partial charge in [0, 0.05) is 43.5 Å². The van der Waals surface area contributed by atoms with Gasteiger partial charge in [-0.2, -0.15) is 5.21 Å². The molecule has 0 spiro atoms. The molecule has 1 aromatic heterocycles. The second-order valence-corrected chi connectivity index (χ2v) is 10.1.